The number of phenolic OH excluding ortho intramolecular Hbond substituents is 1. The first-order valence-corrected chi connectivity index (χ1v) is 7.59. The van der Waals surface area contributed by atoms with Crippen LogP contribution in [-0.2, 0) is 6.54 Å². The van der Waals surface area contributed by atoms with Crippen molar-refractivity contribution in [3.05, 3.63) is 28.8 Å². The molecule has 17 heavy (non-hydrogen) atoms. The highest BCUT2D eigenvalue weighted by Gasteiger charge is 2.23. The fraction of sp³-hybridized carbons (Fsp3) is 0.538. The predicted molar refractivity (Wildman–Crippen MR) is 74.9 cm³/mol. The number of hydrogen-bond donors (Lipinski definition) is 2. The Morgan fingerprint density at radius 2 is 2.29 bits per heavy atom. The lowest BCUT2D eigenvalue weighted by Crippen LogP contribution is -2.26. The van der Waals surface area contributed by atoms with Gasteiger partial charge in [0.15, 0.2) is 0 Å². The molecule has 0 heterocycles. The van der Waals surface area contributed by atoms with Gasteiger partial charge in [-0.15, -0.1) is 0 Å². The Balaban J connectivity index is 1.84. The topological polar surface area (TPSA) is 32.3 Å². The van der Waals surface area contributed by atoms with E-state index in [9.17, 15) is 5.11 Å². The molecule has 0 spiro atoms. The van der Waals surface area contributed by atoms with Crippen LogP contribution in [0.5, 0.6) is 5.75 Å². The summed E-state index contributed by atoms with van der Waals surface area (Å²) in [6, 6.07) is 6.01. The van der Waals surface area contributed by atoms with E-state index in [4.69, 9.17) is 11.6 Å². The maximum absolute atomic E-state index is 9.33. The molecule has 2 nitrogen and oxygen atoms in total. The summed E-state index contributed by atoms with van der Waals surface area (Å²) in [4.78, 5) is 0. The largest absolute Gasteiger partial charge is 0.506 e. The fourth-order valence-corrected chi connectivity index (χ4v) is 3.26. The standard InChI is InChI=1S/C13H18ClNOS/c1-17-11-4-3-10(7-11)15-8-9-2-5-13(16)12(14)6-9/h2,5-6,10-11,15-16H,3-4,7-8H2,1H3. The molecule has 0 aromatic heterocycles. The number of halogens is 1. The first kappa shape index (κ1) is 13.1. The fourth-order valence-electron chi connectivity index (χ4n) is 2.26. The van der Waals surface area contributed by atoms with Crippen molar-refractivity contribution in [1.29, 1.82) is 0 Å². The average Bonchev–Trinajstić information content (AvgIpc) is 2.79. The molecule has 0 aliphatic heterocycles. The van der Waals surface area contributed by atoms with Crippen molar-refractivity contribution < 1.29 is 5.11 Å². The van der Waals surface area contributed by atoms with Gasteiger partial charge in [-0.2, -0.15) is 11.8 Å². The van der Waals surface area contributed by atoms with Crippen molar-refractivity contribution in [3.63, 3.8) is 0 Å². The molecule has 1 fully saturated rings. The highest BCUT2D eigenvalue weighted by Crippen LogP contribution is 2.28. The molecule has 1 aromatic rings. The van der Waals surface area contributed by atoms with Gasteiger partial charge in [-0.25, -0.2) is 0 Å². The summed E-state index contributed by atoms with van der Waals surface area (Å²) in [7, 11) is 0. The Hall–Kier alpha value is -0.380. The van der Waals surface area contributed by atoms with Gasteiger partial charge < -0.3 is 10.4 Å². The molecule has 2 rings (SSSR count). The SMILES string of the molecule is CSC1CCC(NCc2ccc(O)c(Cl)c2)C1. The van der Waals surface area contributed by atoms with Gasteiger partial charge in [0.2, 0.25) is 0 Å². The molecule has 2 N–H and O–H groups in total. The summed E-state index contributed by atoms with van der Waals surface area (Å²) >= 11 is 7.84. The number of hydrogen-bond acceptors (Lipinski definition) is 3. The molecule has 2 unspecified atom stereocenters. The van der Waals surface area contributed by atoms with Crippen LogP contribution in [0, 0.1) is 0 Å². The van der Waals surface area contributed by atoms with Crippen molar-refractivity contribution in [2.24, 2.45) is 0 Å². The number of thioether (sulfide) groups is 1. The third-order valence-corrected chi connectivity index (χ3v) is 4.72. The lowest BCUT2D eigenvalue weighted by molar-refractivity contribution is 0.474. The molecular formula is C13H18ClNOS. The number of aromatic hydroxyl groups is 1. The Labute approximate surface area is 112 Å². The van der Waals surface area contributed by atoms with Crippen LogP contribution < -0.4 is 5.32 Å². The first-order chi connectivity index (χ1) is 8.19. The molecule has 4 heteroatoms. The van der Waals surface area contributed by atoms with Crippen LogP contribution in [0.3, 0.4) is 0 Å². The Morgan fingerprint density at radius 1 is 1.47 bits per heavy atom. The molecule has 1 aromatic carbocycles. The quantitative estimate of drug-likeness (QED) is 0.880. The Morgan fingerprint density at radius 3 is 2.94 bits per heavy atom. The van der Waals surface area contributed by atoms with E-state index in [1.807, 2.05) is 23.9 Å². The molecule has 0 bridgehead atoms. The van der Waals surface area contributed by atoms with E-state index >= 15 is 0 Å². The van der Waals surface area contributed by atoms with Gasteiger partial charge in [-0.05, 0) is 43.2 Å². The van der Waals surface area contributed by atoms with Gasteiger partial charge in [0.05, 0.1) is 5.02 Å². The smallest absolute Gasteiger partial charge is 0.134 e. The van der Waals surface area contributed by atoms with Crippen molar-refractivity contribution in [2.45, 2.75) is 37.1 Å². The van der Waals surface area contributed by atoms with Gasteiger partial charge in [-0.3, -0.25) is 0 Å². The zero-order chi connectivity index (χ0) is 12.3. The highest BCUT2D eigenvalue weighted by atomic mass is 35.5. The van der Waals surface area contributed by atoms with Gasteiger partial charge in [-0.1, -0.05) is 17.7 Å². The zero-order valence-corrected chi connectivity index (χ0v) is 11.5. The van der Waals surface area contributed by atoms with E-state index in [0.29, 0.717) is 11.1 Å². The zero-order valence-electron chi connectivity index (χ0n) is 9.95. The van der Waals surface area contributed by atoms with E-state index < -0.39 is 0 Å². The summed E-state index contributed by atoms with van der Waals surface area (Å²) in [5, 5.41) is 14.1. The molecule has 94 valence electrons. The summed E-state index contributed by atoms with van der Waals surface area (Å²) in [6.45, 7) is 0.825. The maximum Gasteiger partial charge on any atom is 0.134 e. The van der Waals surface area contributed by atoms with Gasteiger partial charge >= 0.3 is 0 Å². The van der Waals surface area contributed by atoms with Crippen LogP contribution in [0.2, 0.25) is 5.02 Å². The Kier molecular flexibility index (Phi) is 4.60. The number of benzene rings is 1. The predicted octanol–water partition coefficient (Wildman–Crippen LogP) is 3.42. The molecule has 0 amide bonds. The van der Waals surface area contributed by atoms with Crippen LogP contribution in [-0.4, -0.2) is 22.7 Å². The Bertz CT molecular complexity index is 386. The van der Waals surface area contributed by atoms with Crippen LogP contribution in [0.15, 0.2) is 18.2 Å². The van der Waals surface area contributed by atoms with Crippen molar-refractivity contribution in [2.75, 3.05) is 6.26 Å². The third kappa shape index (κ3) is 3.54. The normalized spacial score (nSPS) is 24.1. The molecule has 1 saturated carbocycles. The minimum absolute atomic E-state index is 0.152. The van der Waals surface area contributed by atoms with Gasteiger partial charge in [0.25, 0.3) is 0 Å². The first-order valence-electron chi connectivity index (χ1n) is 5.92. The number of phenols is 1. The molecule has 1 aliphatic rings. The van der Waals surface area contributed by atoms with Crippen molar-refractivity contribution in [1.82, 2.24) is 5.32 Å². The minimum Gasteiger partial charge on any atom is -0.506 e. The maximum atomic E-state index is 9.33. The van der Waals surface area contributed by atoms with Crippen LogP contribution >= 0.6 is 23.4 Å². The van der Waals surface area contributed by atoms with E-state index in [1.165, 1.54) is 19.3 Å². The second kappa shape index (κ2) is 5.98. The lowest BCUT2D eigenvalue weighted by atomic mass is 10.2. The average molecular weight is 272 g/mol. The summed E-state index contributed by atoms with van der Waals surface area (Å²) in [5.41, 5.74) is 1.13. The van der Waals surface area contributed by atoms with Crippen molar-refractivity contribution >= 4 is 23.4 Å². The number of rotatable bonds is 4. The summed E-state index contributed by atoms with van der Waals surface area (Å²) < 4.78 is 0. The number of nitrogens with one attached hydrogen (secondary N) is 1. The van der Waals surface area contributed by atoms with Crippen LogP contribution in [0.4, 0.5) is 0 Å². The molecule has 0 saturated heterocycles. The van der Waals surface area contributed by atoms with E-state index in [0.717, 1.165) is 17.4 Å². The van der Waals surface area contributed by atoms with E-state index in [1.54, 1.807) is 6.07 Å². The second-order valence-corrected chi connectivity index (χ2v) is 6.08. The molecule has 1 aliphatic carbocycles. The third-order valence-electron chi connectivity index (χ3n) is 3.32. The molecule has 0 radical (unpaired) electrons. The monoisotopic (exact) mass is 271 g/mol. The van der Waals surface area contributed by atoms with E-state index in [2.05, 4.69) is 11.6 Å². The highest BCUT2D eigenvalue weighted by molar-refractivity contribution is 7.99. The second-order valence-electron chi connectivity index (χ2n) is 4.53. The minimum atomic E-state index is 0.152. The van der Waals surface area contributed by atoms with Crippen molar-refractivity contribution in [3.8, 4) is 5.75 Å². The van der Waals surface area contributed by atoms with E-state index in [-0.39, 0.29) is 5.75 Å². The summed E-state index contributed by atoms with van der Waals surface area (Å²) in [6.07, 6.45) is 6.02. The molecular weight excluding hydrogens is 254 g/mol. The lowest BCUT2D eigenvalue weighted by Gasteiger charge is -2.13. The molecule has 2 atom stereocenters. The van der Waals surface area contributed by atoms with Gasteiger partial charge in [0.1, 0.15) is 5.75 Å². The van der Waals surface area contributed by atoms with Crippen LogP contribution in [0.1, 0.15) is 24.8 Å². The van der Waals surface area contributed by atoms with Crippen LogP contribution in [0.25, 0.3) is 0 Å². The van der Waals surface area contributed by atoms with Gasteiger partial charge in [0, 0.05) is 17.8 Å². The summed E-state index contributed by atoms with van der Waals surface area (Å²) in [5.74, 6) is 0.152.